The van der Waals surface area contributed by atoms with Gasteiger partial charge in [0, 0.05) is 25.4 Å². The summed E-state index contributed by atoms with van der Waals surface area (Å²) < 4.78 is 17.3. The third-order valence-corrected chi connectivity index (χ3v) is 9.13. The first-order chi connectivity index (χ1) is 17.9. The number of benzene rings is 1. The second-order valence-corrected chi connectivity index (χ2v) is 11.5. The molecule has 0 radical (unpaired) electrons. The van der Waals surface area contributed by atoms with E-state index in [1.807, 2.05) is 35.2 Å². The molecular formula is C31H41NO5. The van der Waals surface area contributed by atoms with Crippen LogP contribution in [0.3, 0.4) is 0 Å². The molecule has 1 saturated carbocycles. The van der Waals surface area contributed by atoms with E-state index < -0.39 is 5.60 Å². The highest BCUT2D eigenvalue weighted by molar-refractivity contribution is 5.69. The predicted octanol–water partition coefficient (Wildman–Crippen LogP) is 6.70. The molecule has 0 N–H and O–H groups in total. The lowest BCUT2D eigenvalue weighted by Crippen LogP contribution is -2.60. The Morgan fingerprint density at radius 1 is 1.11 bits per heavy atom. The zero-order valence-corrected chi connectivity index (χ0v) is 22.4. The molecule has 0 spiro atoms. The van der Waals surface area contributed by atoms with E-state index in [1.54, 1.807) is 0 Å². The SMILES string of the molecule is CCCCC(=O)OCOC1(C)C=CC2=C(C1)[C@]13CCCC[C@@H]1[C@H](C2)N(C(=O)OCc1ccccc1)CC3. The Morgan fingerprint density at radius 2 is 1.95 bits per heavy atom. The summed E-state index contributed by atoms with van der Waals surface area (Å²) in [5.74, 6) is 0.267. The van der Waals surface area contributed by atoms with Crippen molar-refractivity contribution in [3.63, 3.8) is 0 Å². The second kappa shape index (κ2) is 11.0. The summed E-state index contributed by atoms with van der Waals surface area (Å²) in [6, 6.07) is 10.1. The summed E-state index contributed by atoms with van der Waals surface area (Å²) in [6.45, 7) is 5.21. The first kappa shape index (κ1) is 26.0. The molecule has 37 heavy (non-hydrogen) atoms. The fourth-order valence-corrected chi connectivity index (χ4v) is 7.18. The summed E-state index contributed by atoms with van der Waals surface area (Å²) in [5, 5.41) is 0. The third-order valence-electron chi connectivity index (χ3n) is 9.13. The van der Waals surface area contributed by atoms with E-state index in [0.717, 1.165) is 50.6 Å². The van der Waals surface area contributed by atoms with Crippen LogP contribution in [-0.2, 0) is 25.6 Å². The Balaban J connectivity index is 1.28. The molecule has 5 rings (SSSR count). The number of carbonyl (C=O) groups excluding carboxylic acids is 2. The molecule has 3 aliphatic carbocycles. The van der Waals surface area contributed by atoms with Crippen LogP contribution in [0.15, 0.2) is 53.6 Å². The smallest absolute Gasteiger partial charge is 0.410 e. The Kier molecular flexibility index (Phi) is 7.75. The lowest BCUT2D eigenvalue weighted by molar-refractivity contribution is -0.166. The van der Waals surface area contributed by atoms with Crippen LogP contribution in [0, 0.1) is 11.3 Å². The number of carbonyl (C=O) groups is 2. The van der Waals surface area contributed by atoms with E-state index >= 15 is 0 Å². The summed E-state index contributed by atoms with van der Waals surface area (Å²) in [6.07, 6.45) is 13.9. The Morgan fingerprint density at radius 3 is 2.76 bits per heavy atom. The van der Waals surface area contributed by atoms with Crippen LogP contribution in [0.25, 0.3) is 0 Å². The van der Waals surface area contributed by atoms with Gasteiger partial charge in [-0.25, -0.2) is 4.79 Å². The Labute approximate surface area is 221 Å². The maximum absolute atomic E-state index is 13.3. The van der Waals surface area contributed by atoms with Gasteiger partial charge in [-0.1, -0.05) is 74.2 Å². The van der Waals surface area contributed by atoms with Crippen molar-refractivity contribution >= 4 is 12.1 Å². The number of nitrogens with zero attached hydrogens (tertiary/aromatic N) is 1. The van der Waals surface area contributed by atoms with E-state index in [9.17, 15) is 9.59 Å². The zero-order valence-electron chi connectivity index (χ0n) is 22.4. The van der Waals surface area contributed by atoms with Crippen LogP contribution >= 0.6 is 0 Å². The summed E-state index contributed by atoms with van der Waals surface area (Å²) in [7, 11) is 0. The standard InChI is InChI=1S/C31H41NO5/c1-3-4-13-28(33)36-22-37-30(2)16-14-24-19-27-25-12-8-9-15-31(25,26(24)20-30)17-18-32(27)29(34)35-21-23-10-6-5-7-11-23/h5-7,10-11,14,16,25,27H,3-4,8-9,12-13,15,17-22H2,1-2H3/t25-,27+,30?,31+/m1/s1. The van der Waals surface area contributed by atoms with Crippen LogP contribution in [0.5, 0.6) is 0 Å². The van der Waals surface area contributed by atoms with E-state index in [0.29, 0.717) is 18.9 Å². The number of ether oxygens (including phenoxy) is 3. The molecule has 1 aliphatic heterocycles. The molecule has 1 amide bonds. The van der Waals surface area contributed by atoms with Gasteiger partial charge in [-0.3, -0.25) is 4.79 Å². The van der Waals surface area contributed by atoms with E-state index in [2.05, 4.69) is 26.0 Å². The number of rotatable bonds is 8. The normalized spacial score (nSPS) is 30.4. The molecule has 6 heteroatoms. The topological polar surface area (TPSA) is 65.1 Å². The van der Waals surface area contributed by atoms with Gasteiger partial charge in [0.2, 0.25) is 0 Å². The van der Waals surface area contributed by atoms with Crippen molar-refractivity contribution in [3.05, 3.63) is 59.2 Å². The fourth-order valence-electron chi connectivity index (χ4n) is 7.18. The Bertz CT molecular complexity index is 1050. The minimum absolute atomic E-state index is 0.00785. The molecule has 0 aromatic heterocycles. The largest absolute Gasteiger partial charge is 0.445 e. The van der Waals surface area contributed by atoms with E-state index in [4.69, 9.17) is 14.2 Å². The van der Waals surface area contributed by atoms with Crippen molar-refractivity contribution in [2.45, 2.75) is 96.3 Å². The third kappa shape index (κ3) is 5.36. The Hall–Kier alpha value is -2.60. The van der Waals surface area contributed by atoms with Crippen molar-refractivity contribution in [1.29, 1.82) is 0 Å². The number of esters is 1. The van der Waals surface area contributed by atoms with Gasteiger partial charge in [0.1, 0.15) is 6.61 Å². The summed E-state index contributed by atoms with van der Waals surface area (Å²) in [5.41, 5.74) is 3.54. The van der Waals surface area contributed by atoms with Crippen molar-refractivity contribution in [2.24, 2.45) is 11.3 Å². The zero-order chi connectivity index (χ0) is 25.9. The quantitative estimate of drug-likeness (QED) is 0.289. The number of likely N-dealkylation sites (tertiary alicyclic amines) is 1. The number of amides is 1. The van der Waals surface area contributed by atoms with Gasteiger partial charge in [-0.05, 0) is 61.5 Å². The van der Waals surface area contributed by atoms with Crippen LogP contribution in [0.4, 0.5) is 4.79 Å². The van der Waals surface area contributed by atoms with Crippen molar-refractivity contribution < 1.29 is 23.8 Å². The van der Waals surface area contributed by atoms with E-state index in [1.165, 1.54) is 30.4 Å². The van der Waals surface area contributed by atoms with Crippen LogP contribution in [0.2, 0.25) is 0 Å². The number of piperidine rings is 1. The highest BCUT2D eigenvalue weighted by Crippen LogP contribution is 2.61. The number of hydrogen-bond donors (Lipinski definition) is 0. The average Bonchev–Trinajstić information content (AvgIpc) is 2.91. The van der Waals surface area contributed by atoms with Gasteiger partial charge in [0.05, 0.1) is 5.60 Å². The first-order valence-electron chi connectivity index (χ1n) is 14.1. The lowest BCUT2D eigenvalue weighted by Gasteiger charge is -2.60. The highest BCUT2D eigenvalue weighted by Gasteiger charge is 2.57. The van der Waals surface area contributed by atoms with Crippen molar-refractivity contribution in [1.82, 2.24) is 4.90 Å². The first-order valence-corrected chi connectivity index (χ1v) is 14.1. The van der Waals surface area contributed by atoms with Gasteiger partial charge in [-0.15, -0.1) is 0 Å². The highest BCUT2D eigenvalue weighted by atomic mass is 16.7. The number of hydrogen-bond acceptors (Lipinski definition) is 5. The van der Waals surface area contributed by atoms with Gasteiger partial charge >= 0.3 is 12.1 Å². The van der Waals surface area contributed by atoms with Crippen molar-refractivity contribution in [2.75, 3.05) is 13.3 Å². The number of unbranched alkanes of at least 4 members (excludes halogenated alkanes) is 1. The van der Waals surface area contributed by atoms with Gasteiger partial charge < -0.3 is 19.1 Å². The summed E-state index contributed by atoms with van der Waals surface area (Å²) in [4.78, 5) is 27.2. The van der Waals surface area contributed by atoms with Gasteiger partial charge in [0.25, 0.3) is 0 Å². The molecule has 4 aliphatic rings. The fraction of sp³-hybridized carbons (Fsp3) is 0.613. The molecule has 4 atom stereocenters. The molecule has 1 heterocycles. The predicted molar refractivity (Wildman–Crippen MR) is 142 cm³/mol. The molecule has 200 valence electrons. The molecule has 1 aromatic rings. The molecule has 2 bridgehead atoms. The minimum Gasteiger partial charge on any atom is -0.445 e. The maximum atomic E-state index is 13.3. The average molecular weight is 508 g/mol. The van der Waals surface area contributed by atoms with Crippen LogP contribution < -0.4 is 0 Å². The van der Waals surface area contributed by atoms with Gasteiger partial charge in [-0.2, -0.15) is 0 Å². The molecule has 6 nitrogen and oxygen atoms in total. The minimum atomic E-state index is -0.487. The maximum Gasteiger partial charge on any atom is 0.410 e. The van der Waals surface area contributed by atoms with E-state index in [-0.39, 0.29) is 30.3 Å². The molecule has 2 fully saturated rings. The molecule has 1 unspecified atom stereocenters. The molecule has 1 saturated heterocycles. The van der Waals surface area contributed by atoms with Crippen LogP contribution in [-0.4, -0.2) is 41.9 Å². The molecule has 1 aromatic carbocycles. The van der Waals surface area contributed by atoms with Crippen LogP contribution in [0.1, 0.15) is 83.6 Å². The molecular weight excluding hydrogens is 466 g/mol. The van der Waals surface area contributed by atoms with Crippen molar-refractivity contribution in [3.8, 4) is 0 Å². The number of allylic oxidation sites excluding steroid dienone is 1. The summed E-state index contributed by atoms with van der Waals surface area (Å²) >= 11 is 0. The second-order valence-electron chi connectivity index (χ2n) is 11.5. The van der Waals surface area contributed by atoms with Gasteiger partial charge in [0.15, 0.2) is 6.79 Å². The monoisotopic (exact) mass is 507 g/mol. The lowest BCUT2D eigenvalue weighted by atomic mass is 9.50.